The number of halogens is 1. The first-order chi connectivity index (χ1) is 14.9. The number of aromatic nitrogens is 1. The van der Waals surface area contributed by atoms with Gasteiger partial charge in [-0.1, -0.05) is 48.0 Å². The molecule has 0 amide bonds. The normalized spacial score (nSPS) is 16.4. The number of fused-ring (bicyclic) bond motifs is 3. The van der Waals surface area contributed by atoms with Gasteiger partial charge >= 0.3 is 0 Å². The molecule has 6 heteroatoms. The van der Waals surface area contributed by atoms with Crippen LogP contribution in [0.15, 0.2) is 96.0 Å². The Balaban J connectivity index is 1.76. The summed E-state index contributed by atoms with van der Waals surface area (Å²) in [5, 5.41) is 0. The van der Waals surface area contributed by atoms with Crippen LogP contribution in [0.3, 0.4) is 0 Å². The van der Waals surface area contributed by atoms with Gasteiger partial charge in [-0.25, -0.2) is 12.8 Å². The Hall–Kier alpha value is -3.22. The zero-order valence-corrected chi connectivity index (χ0v) is 17.8. The second-order valence-corrected chi connectivity index (χ2v) is 9.64. The molecule has 4 aromatic rings. The van der Waals surface area contributed by atoms with Crippen LogP contribution in [0, 0.1) is 12.7 Å². The molecule has 4 nitrogen and oxygen atoms in total. The van der Waals surface area contributed by atoms with E-state index in [1.54, 1.807) is 0 Å². The van der Waals surface area contributed by atoms with E-state index in [0.29, 0.717) is 0 Å². The molecular weight excluding hydrogens is 411 g/mol. The van der Waals surface area contributed by atoms with Crippen LogP contribution >= 0.6 is 0 Å². The van der Waals surface area contributed by atoms with Crippen molar-refractivity contribution in [1.29, 1.82) is 0 Å². The highest BCUT2D eigenvalue weighted by molar-refractivity contribution is 7.89. The Morgan fingerprint density at radius 3 is 2.32 bits per heavy atom. The van der Waals surface area contributed by atoms with Crippen LogP contribution in [-0.4, -0.2) is 17.3 Å². The largest absolute Gasteiger partial charge is 0.319 e. The Morgan fingerprint density at radius 2 is 1.58 bits per heavy atom. The molecule has 0 bridgehead atoms. The average Bonchev–Trinajstić information content (AvgIpc) is 3.19. The number of hydrogen-bond donors (Lipinski definition) is 0. The lowest BCUT2D eigenvalue weighted by Gasteiger charge is -2.30. The second kappa shape index (κ2) is 7.48. The molecule has 5 rings (SSSR count). The maximum Gasteiger partial charge on any atom is 0.244 e. The number of benzene rings is 3. The van der Waals surface area contributed by atoms with E-state index in [2.05, 4.69) is 4.57 Å². The molecule has 0 saturated heterocycles. The third-order valence-corrected chi connectivity index (χ3v) is 7.56. The molecule has 2 heterocycles. The zero-order valence-electron chi connectivity index (χ0n) is 16.9. The molecule has 3 aromatic carbocycles. The van der Waals surface area contributed by atoms with E-state index in [1.807, 2.05) is 73.8 Å². The summed E-state index contributed by atoms with van der Waals surface area (Å²) in [7, 11) is -3.92. The Morgan fingerprint density at radius 1 is 0.871 bits per heavy atom. The summed E-state index contributed by atoms with van der Waals surface area (Å²) in [4.78, 5) is 0.0727. The molecule has 0 fully saturated rings. The molecule has 0 radical (unpaired) electrons. The van der Waals surface area contributed by atoms with Gasteiger partial charge in [0.05, 0.1) is 10.9 Å². The minimum Gasteiger partial charge on any atom is -0.319 e. The van der Waals surface area contributed by atoms with Gasteiger partial charge in [-0.05, 0) is 60.5 Å². The summed E-state index contributed by atoms with van der Waals surface area (Å²) in [6.07, 6.45) is 1.96. The van der Waals surface area contributed by atoms with E-state index in [1.165, 1.54) is 28.6 Å². The molecule has 1 aromatic heterocycles. The number of sulfonamides is 1. The van der Waals surface area contributed by atoms with Crippen LogP contribution in [0.1, 0.15) is 28.4 Å². The third-order valence-electron chi connectivity index (χ3n) is 5.74. The van der Waals surface area contributed by atoms with Gasteiger partial charge in [0.15, 0.2) is 0 Å². The lowest BCUT2D eigenvalue weighted by atomic mass is 10.0. The first-order valence-corrected chi connectivity index (χ1v) is 11.5. The summed E-state index contributed by atoms with van der Waals surface area (Å²) in [5.74, 6) is -0.468. The van der Waals surface area contributed by atoms with Crippen LogP contribution in [0.5, 0.6) is 0 Å². The molecule has 1 unspecified atom stereocenters. The van der Waals surface area contributed by atoms with Gasteiger partial charge in [0.2, 0.25) is 10.0 Å². The van der Waals surface area contributed by atoms with Gasteiger partial charge in [-0.2, -0.15) is 4.31 Å². The number of para-hydroxylation sites is 1. The van der Waals surface area contributed by atoms with E-state index < -0.39 is 21.9 Å². The molecule has 0 N–H and O–H groups in total. The predicted octanol–water partition coefficient (Wildman–Crippen LogP) is 5.22. The third kappa shape index (κ3) is 3.38. The van der Waals surface area contributed by atoms with Crippen molar-refractivity contribution in [3.63, 3.8) is 0 Å². The van der Waals surface area contributed by atoms with Gasteiger partial charge in [0.1, 0.15) is 5.82 Å². The molecule has 31 heavy (non-hydrogen) atoms. The molecule has 0 spiro atoms. The lowest BCUT2D eigenvalue weighted by Crippen LogP contribution is -2.34. The zero-order chi connectivity index (χ0) is 21.6. The van der Waals surface area contributed by atoms with Gasteiger partial charge in [0, 0.05) is 24.1 Å². The Labute approximate surface area is 181 Å². The molecule has 0 saturated carbocycles. The number of rotatable bonds is 3. The average molecular weight is 433 g/mol. The SMILES string of the molecule is Cc1ccc(C2c3cccn3-c3ccccc3CN2S(=O)(=O)c2ccc(F)cc2)cc1. The van der Waals surface area contributed by atoms with Crippen molar-refractivity contribution in [1.82, 2.24) is 8.87 Å². The summed E-state index contributed by atoms with van der Waals surface area (Å²) < 4.78 is 44.7. The number of nitrogens with zero attached hydrogens (tertiary/aromatic N) is 2. The Kier molecular flexibility index (Phi) is 4.76. The van der Waals surface area contributed by atoms with E-state index in [0.717, 1.165) is 28.1 Å². The fourth-order valence-corrected chi connectivity index (χ4v) is 5.74. The topological polar surface area (TPSA) is 42.3 Å². The maximum absolute atomic E-state index is 13.8. The first kappa shape index (κ1) is 19.7. The maximum atomic E-state index is 13.8. The van der Waals surface area contributed by atoms with Crippen molar-refractivity contribution in [3.8, 4) is 5.69 Å². The van der Waals surface area contributed by atoms with E-state index in [9.17, 15) is 12.8 Å². The van der Waals surface area contributed by atoms with Crippen LogP contribution in [0.25, 0.3) is 5.69 Å². The van der Waals surface area contributed by atoms with E-state index in [-0.39, 0.29) is 11.4 Å². The number of aryl methyl sites for hydroxylation is 1. The molecule has 156 valence electrons. The fraction of sp³-hybridized carbons (Fsp3) is 0.120. The van der Waals surface area contributed by atoms with Crippen molar-refractivity contribution >= 4 is 10.0 Å². The number of hydrogen-bond acceptors (Lipinski definition) is 2. The molecule has 0 aliphatic carbocycles. The van der Waals surface area contributed by atoms with Gasteiger partial charge in [-0.15, -0.1) is 0 Å². The van der Waals surface area contributed by atoms with E-state index >= 15 is 0 Å². The summed E-state index contributed by atoms with van der Waals surface area (Å²) in [6, 6.07) is 24.1. The minimum absolute atomic E-state index is 0.0727. The summed E-state index contributed by atoms with van der Waals surface area (Å²) in [6.45, 7) is 2.21. The summed E-state index contributed by atoms with van der Waals surface area (Å²) in [5.41, 5.74) is 4.70. The highest BCUT2D eigenvalue weighted by Gasteiger charge is 2.37. The molecule has 1 atom stereocenters. The smallest absolute Gasteiger partial charge is 0.244 e. The van der Waals surface area contributed by atoms with E-state index in [4.69, 9.17) is 0 Å². The lowest BCUT2D eigenvalue weighted by molar-refractivity contribution is 0.353. The highest BCUT2D eigenvalue weighted by Crippen LogP contribution is 2.39. The first-order valence-electron chi connectivity index (χ1n) is 10.0. The standard InChI is InChI=1S/C25H21FN2O2S/c1-18-8-10-19(11-9-18)25-24-7-4-16-27(24)23-6-3-2-5-20(23)17-28(25)31(29,30)22-14-12-21(26)13-15-22/h2-16,25H,17H2,1H3. The van der Waals surface area contributed by atoms with Crippen LogP contribution in [-0.2, 0) is 16.6 Å². The fourth-order valence-electron chi connectivity index (χ4n) is 4.17. The minimum atomic E-state index is -3.92. The van der Waals surface area contributed by atoms with Crippen molar-refractivity contribution in [2.24, 2.45) is 0 Å². The van der Waals surface area contributed by atoms with Crippen LogP contribution in [0.2, 0.25) is 0 Å². The van der Waals surface area contributed by atoms with Crippen LogP contribution < -0.4 is 0 Å². The Bertz CT molecular complexity index is 1340. The highest BCUT2D eigenvalue weighted by atomic mass is 32.2. The van der Waals surface area contributed by atoms with Gasteiger partial charge in [0.25, 0.3) is 0 Å². The van der Waals surface area contributed by atoms with Crippen molar-refractivity contribution in [2.45, 2.75) is 24.4 Å². The quantitative estimate of drug-likeness (QED) is 0.446. The molecule has 1 aliphatic heterocycles. The molecular formula is C25H21FN2O2S. The van der Waals surface area contributed by atoms with Crippen molar-refractivity contribution in [3.05, 3.63) is 119 Å². The van der Waals surface area contributed by atoms with Crippen LogP contribution in [0.4, 0.5) is 4.39 Å². The van der Waals surface area contributed by atoms with Crippen molar-refractivity contribution in [2.75, 3.05) is 0 Å². The molecule has 1 aliphatic rings. The van der Waals surface area contributed by atoms with Gasteiger partial charge < -0.3 is 4.57 Å². The summed E-state index contributed by atoms with van der Waals surface area (Å²) >= 11 is 0. The van der Waals surface area contributed by atoms with Gasteiger partial charge in [-0.3, -0.25) is 0 Å². The monoisotopic (exact) mass is 432 g/mol. The predicted molar refractivity (Wildman–Crippen MR) is 118 cm³/mol. The second-order valence-electron chi connectivity index (χ2n) is 7.75. The van der Waals surface area contributed by atoms with Crippen molar-refractivity contribution < 1.29 is 12.8 Å².